The van der Waals surface area contributed by atoms with Crippen molar-refractivity contribution in [3.63, 3.8) is 0 Å². The molecule has 0 atom stereocenters. The third kappa shape index (κ3) is 4.34. The van der Waals surface area contributed by atoms with Gasteiger partial charge in [0, 0.05) is 23.4 Å². The van der Waals surface area contributed by atoms with Crippen LogP contribution in [0.4, 0.5) is 4.39 Å². The fraction of sp³-hybridized carbons (Fsp3) is 0.345. The molecule has 4 saturated carbocycles. The smallest absolute Gasteiger partial charge is 0.262 e. The fourth-order valence-corrected chi connectivity index (χ4v) is 6.90. The lowest BCUT2D eigenvalue weighted by molar-refractivity contribution is -0.148. The van der Waals surface area contributed by atoms with Crippen molar-refractivity contribution < 1.29 is 14.0 Å². The maximum atomic E-state index is 13.5. The lowest BCUT2D eigenvalue weighted by Crippen LogP contribution is -2.56. The molecule has 0 aliphatic heterocycles. The number of carbonyl (C=O) groups is 2. The molecule has 3 aromatic rings. The van der Waals surface area contributed by atoms with Gasteiger partial charge in [-0.1, -0.05) is 18.2 Å². The van der Waals surface area contributed by atoms with Crippen LogP contribution in [-0.4, -0.2) is 21.6 Å². The summed E-state index contributed by atoms with van der Waals surface area (Å²) in [4.78, 5) is 25.7. The van der Waals surface area contributed by atoms with Crippen molar-refractivity contribution in [1.82, 2.24) is 20.6 Å². The van der Waals surface area contributed by atoms with Gasteiger partial charge >= 0.3 is 0 Å². The number of benzene rings is 2. The van der Waals surface area contributed by atoms with Crippen LogP contribution >= 0.6 is 0 Å². The van der Waals surface area contributed by atoms with Gasteiger partial charge in [0.15, 0.2) is 0 Å². The number of aromatic nitrogens is 2. The molecule has 0 unspecified atom stereocenters. The van der Waals surface area contributed by atoms with Crippen LogP contribution in [0.15, 0.2) is 66.9 Å². The molecule has 1 heterocycles. The summed E-state index contributed by atoms with van der Waals surface area (Å²) in [7, 11) is 0. The van der Waals surface area contributed by atoms with Crippen molar-refractivity contribution in [2.24, 2.45) is 23.2 Å². The number of rotatable bonds is 5. The van der Waals surface area contributed by atoms with Crippen molar-refractivity contribution in [1.29, 1.82) is 0 Å². The standard InChI is InChI=1S/C29H29FN4O2/c30-24-9-6-22(7-10-24)27-23(18-34(33-27)25-4-2-1-3-5-25)8-11-26(35)31-32-28(36)29-15-19-12-20(16-29)14-21(13-19)17-29/h1-11,18-21H,12-17H2,(H,31,35)(H,32,36). The number of hydrazine groups is 1. The summed E-state index contributed by atoms with van der Waals surface area (Å²) in [6.07, 6.45) is 11.5. The first kappa shape index (κ1) is 22.7. The van der Waals surface area contributed by atoms with Gasteiger partial charge in [-0.2, -0.15) is 5.10 Å². The SMILES string of the molecule is O=C(C=Cc1cn(-c2ccccc2)nc1-c1ccc(F)cc1)NNC(=O)C12CC3CC(CC(C3)C1)C2. The van der Waals surface area contributed by atoms with E-state index in [1.165, 1.54) is 37.5 Å². The molecular weight excluding hydrogens is 455 g/mol. The average Bonchev–Trinajstić information content (AvgIpc) is 3.30. The zero-order chi connectivity index (χ0) is 24.7. The number of para-hydroxylation sites is 1. The van der Waals surface area contributed by atoms with Gasteiger partial charge in [0.25, 0.3) is 5.91 Å². The maximum absolute atomic E-state index is 13.5. The third-order valence-corrected chi connectivity index (χ3v) is 8.11. The summed E-state index contributed by atoms with van der Waals surface area (Å²) in [5.74, 6) is 1.18. The molecule has 0 radical (unpaired) electrons. The number of carbonyl (C=O) groups excluding carboxylic acids is 2. The Morgan fingerprint density at radius 1 is 0.917 bits per heavy atom. The number of hydrogen-bond acceptors (Lipinski definition) is 3. The highest BCUT2D eigenvalue weighted by Gasteiger charge is 2.54. The zero-order valence-corrected chi connectivity index (χ0v) is 20.0. The highest BCUT2D eigenvalue weighted by molar-refractivity contribution is 5.94. The van der Waals surface area contributed by atoms with E-state index in [0.717, 1.165) is 30.5 Å². The van der Waals surface area contributed by atoms with E-state index in [1.54, 1.807) is 22.9 Å². The summed E-state index contributed by atoms with van der Waals surface area (Å²) in [6.45, 7) is 0. The molecule has 1 aromatic heterocycles. The van der Waals surface area contributed by atoms with E-state index in [9.17, 15) is 14.0 Å². The molecule has 4 aliphatic rings. The number of halogens is 1. The molecule has 4 aliphatic carbocycles. The molecule has 7 rings (SSSR count). The molecule has 7 heteroatoms. The lowest BCUT2D eigenvalue weighted by atomic mass is 9.49. The number of nitrogens with zero attached hydrogens (tertiary/aromatic N) is 2. The summed E-state index contributed by atoms with van der Waals surface area (Å²) < 4.78 is 15.2. The van der Waals surface area contributed by atoms with E-state index in [1.807, 2.05) is 36.5 Å². The first-order valence-electron chi connectivity index (χ1n) is 12.7. The fourth-order valence-electron chi connectivity index (χ4n) is 6.90. The van der Waals surface area contributed by atoms with Crippen LogP contribution in [0.5, 0.6) is 0 Å². The molecule has 6 nitrogen and oxygen atoms in total. The quantitative estimate of drug-likeness (QED) is 0.393. The van der Waals surface area contributed by atoms with E-state index in [0.29, 0.717) is 29.0 Å². The average molecular weight is 485 g/mol. The predicted octanol–water partition coefficient (Wildman–Crippen LogP) is 5.06. The Labute approximate surface area is 209 Å². The lowest BCUT2D eigenvalue weighted by Gasteiger charge is -2.55. The summed E-state index contributed by atoms with van der Waals surface area (Å²) >= 11 is 0. The van der Waals surface area contributed by atoms with Gasteiger partial charge in [-0.15, -0.1) is 0 Å². The third-order valence-electron chi connectivity index (χ3n) is 8.11. The van der Waals surface area contributed by atoms with Crippen LogP contribution in [0.2, 0.25) is 0 Å². The molecule has 4 fully saturated rings. The molecule has 36 heavy (non-hydrogen) atoms. The molecule has 0 saturated heterocycles. The largest absolute Gasteiger partial charge is 0.273 e. The van der Waals surface area contributed by atoms with Gasteiger partial charge in [0.2, 0.25) is 5.91 Å². The number of hydrogen-bond donors (Lipinski definition) is 2. The maximum Gasteiger partial charge on any atom is 0.262 e. The van der Waals surface area contributed by atoms with Gasteiger partial charge in [-0.25, -0.2) is 9.07 Å². The zero-order valence-electron chi connectivity index (χ0n) is 20.0. The second-order valence-electron chi connectivity index (χ2n) is 10.7. The van der Waals surface area contributed by atoms with Gasteiger partial charge in [-0.05, 0) is 98.8 Å². The molecule has 0 spiro atoms. The number of amides is 2. The molecule has 4 bridgehead atoms. The predicted molar refractivity (Wildman–Crippen MR) is 135 cm³/mol. The Morgan fingerprint density at radius 2 is 1.56 bits per heavy atom. The normalized spacial score (nSPS) is 26.3. The van der Waals surface area contributed by atoms with Gasteiger partial charge in [-0.3, -0.25) is 20.4 Å². The second kappa shape index (κ2) is 9.04. The van der Waals surface area contributed by atoms with Crippen molar-refractivity contribution in [3.05, 3.63) is 78.3 Å². The Balaban J connectivity index is 1.17. The Hall–Kier alpha value is -3.74. The van der Waals surface area contributed by atoms with Gasteiger partial charge in [0.05, 0.1) is 16.8 Å². The van der Waals surface area contributed by atoms with Crippen LogP contribution in [0.1, 0.15) is 44.1 Å². The van der Waals surface area contributed by atoms with Gasteiger partial charge in [0.1, 0.15) is 5.82 Å². The van der Waals surface area contributed by atoms with E-state index in [-0.39, 0.29) is 17.1 Å². The monoisotopic (exact) mass is 484 g/mol. The van der Waals surface area contributed by atoms with Crippen LogP contribution in [0.3, 0.4) is 0 Å². The summed E-state index contributed by atoms with van der Waals surface area (Å²) in [5.41, 5.74) is 7.90. The first-order valence-corrected chi connectivity index (χ1v) is 12.7. The minimum atomic E-state index is -0.411. The molecule has 2 amide bonds. The Kier molecular flexibility index (Phi) is 5.70. The second-order valence-corrected chi connectivity index (χ2v) is 10.7. The van der Waals surface area contributed by atoms with Crippen molar-refractivity contribution in [2.45, 2.75) is 38.5 Å². The minimum Gasteiger partial charge on any atom is -0.273 e. The van der Waals surface area contributed by atoms with E-state index >= 15 is 0 Å². The molecule has 2 aromatic carbocycles. The Bertz CT molecular complexity index is 1280. The van der Waals surface area contributed by atoms with Crippen molar-refractivity contribution >= 4 is 17.9 Å². The highest BCUT2D eigenvalue weighted by atomic mass is 19.1. The van der Waals surface area contributed by atoms with E-state index in [2.05, 4.69) is 16.0 Å². The first-order chi connectivity index (χ1) is 17.5. The van der Waals surface area contributed by atoms with Crippen LogP contribution in [-0.2, 0) is 9.59 Å². The van der Waals surface area contributed by atoms with Crippen LogP contribution in [0, 0.1) is 29.0 Å². The van der Waals surface area contributed by atoms with Crippen molar-refractivity contribution in [2.75, 3.05) is 0 Å². The van der Waals surface area contributed by atoms with Crippen molar-refractivity contribution in [3.8, 4) is 16.9 Å². The molecule has 2 N–H and O–H groups in total. The topological polar surface area (TPSA) is 76.0 Å². The summed E-state index contributed by atoms with van der Waals surface area (Å²) in [6, 6.07) is 15.7. The van der Waals surface area contributed by atoms with Crippen LogP contribution < -0.4 is 10.9 Å². The van der Waals surface area contributed by atoms with E-state index in [4.69, 9.17) is 0 Å². The summed E-state index contributed by atoms with van der Waals surface area (Å²) in [5, 5.41) is 4.68. The highest BCUT2D eigenvalue weighted by Crippen LogP contribution is 2.60. The Morgan fingerprint density at radius 3 is 2.19 bits per heavy atom. The van der Waals surface area contributed by atoms with E-state index < -0.39 is 5.91 Å². The van der Waals surface area contributed by atoms with Crippen LogP contribution in [0.25, 0.3) is 23.0 Å². The molecular formula is C29H29FN4O2. The number of nitrogens with one attached hydrogen (secondary N) is 2. The van der Waals surface area contributed by atoms with Gasteiger partial charge < -0.3 is 0 Å². The minimum absolute atomic E-state index is 0.0488. The molecule has 184 valence electrons.